The molecule has 3 rings (SSSR count). The normalized spacial score (nSPS) is 23.5. The van der Waals surface area contributed by atoms with Gasteiger partial charge in [0.1, 0.15) is 11.4 Å². The average molecular weight is 288 g/mol. The Kier molecular flexibility index (Phi) is 3.89. The molecule has 1 unspecified atom stereocenters. The van der Waals surface area contributed by atoms with Crippen LogP contribution in [0, 0.1) is 0 Å². The number of amides is 1. The molecular formula is C17H24N2O2. The summed E-state index contributed by atoms with van der Waals surface area (Å²) in [6.45, 7) is 6.32. The summed E-state index contributed by atoms with van der Waals surface area (Å²) >= 11 is 0. The van der Waals surface area contributed by atoms with Crippen LogP contribution in [0.3, 0.4) is 0 Å². The Balaban J connectivity index is 1.65. The van der Waals surface area contributed by atoms with E-state index in [-0.39, 0.29) is 17.6 Å². The Labute approximate surface area is 126 Å². The van der Waals surface area contributed by atoms with Crippen LogP contribution in [0.2, 0.25) is 0 Å². The van der Waals surface area contributed by atoms with Crippen LogP contribution in [-0.2, 0) is 4.79 Å². The van der Waals surface area contributed by atoms with Crippen LogP contribution in [0.5, 0.6) is 5.75 Å². The first-order valence-corrected chi connectivity index (χ1v) is 7.87. The van der Waals surface area contributed by atoms with Crippen LogP contribution in [0.1, 0.15) is 44.7 Å². The number of likely N-dealkylation sites (tertiary alicyclic amines) is 1. The van der Waals surface area contributed by atoms with Gasteiger partial charge in [-0.2, -0.15) is 0 Å². The van der Waals surface area contributed by atoms with Gasteiger partial charge in [0.05, 0.1) is 12.6 Å². The fourth-order valence-corrected chi connectivity index (χ4v) is 3.33. The van der Waals surface area contributed by atoms with Gasteiger partial charge < -0.3 is 9.64 Å². The molecule has 0 aromatic heterocycles. The summed E-state index contributed by atoms with van der Waals surface area (Å²) in [7, 11) is 0. The van der Waals surface area contributed by atoms with E-state index in [0.29, 0.717) is 6.54 Å². The molecule has 4 heteroatoms. The maximum Gasteiger partial charge on any atom is 0.236 e. The Hall–Kier alpha value is -1.55. The van der Waals surface area contributed by atoms with Gasteiger partial charge >= 0.3 is 0 Å². The van der Waals surface area contributed by atoms with Gasteiger partial charge in [-0.15, -0.1) is 0 Å². The Bertz CT molecular complexity index is 521. The average Bonchev–Trinajstić information content (AvgIpc) is 2.75. The van der Waals surface area contributed by atoms with Crippen molar-refractivity contribution in [3.8, 4) is 5.75 Å². The van der Waals surface area contributed by atoms with Crippen LogP contribution in [-0.4, -0.2) is 36.0 Å². The molecule has 1 atom stereocenters. The predicted molar refractivity (Wildman–Crippen MR) is 82.3 cm³/mol. The van der Waals surface area contributed by atoms with Crippen molar-refractivity contribution in [3.05, 3.63) is 29.8 Å². The van der Waals surface area contributed by atoms with E-state index in [0.717, 1.165) is 37.2 Å². The molecule has 0 spiro atoms. The molecule has 0 radical (unpaired) electrons. The zero-order valence-corrected chi connectivity index (χ0v) is 12.9. The molecule has 1 saturated heterocycles. The minimum absolute atomic E-state index is 0.0578. The zero-order chi connectivity index (χ0) is 14.9. The minimum atomic E-state index is -0.328. The van der Waals surface area contributed by atoms with Gasteiger partial charge in [0.25, 0.3) is 0 Å². The molecule has 114 valence electrons. The summed E-state index contributed by atoms with van der Waals surface area (Å²) in [6, 6.07) is 8.13. The van der Waals surface area contributed by atoms with E-state index in [1.165, 1.54) is 6.42 Å². The summed E-state index contributed by atoms with van der Waals surface area (Å²) in [5.41, 5.74) is 0.820. The minimum Gasteiger partial charge on any atom is -0.486 e. The first-order valence-electron chi connectivity index (χ1n) is 7.87. The Morgan fingerprint density at radius 3 is 2.76 bits per heavy atom. The highest BCUT2D eigenvalue weighted by Gasteiger charge is 2.40. The quantitative estimate of drug-likeness (QED) is 0.929. The van der Waals surface area contributed by atoms with E-state index in [1.807, 2.05) is 23.1 Å². The predicted octanol–water partition coefficient (Wildman–Crippen LogP) is 2.50. The van der Waals surface area contributed by atoms with Gasteiger partial charge in [-0.1, -0.05) is 18.2 Å². The Morgan fingerprint density at radius 2 is 2.00 bits per heavy atom. The third-order valence-electron chi connectivity index (χ3n) is 4.46. The SMILES string of the molecule is CC1(C)Oc2ccccc2C1NCC(=O)N1CCCCC1. The van der Waals surface area contributed by atoms with Crippen molar-refractivity contribution in [2.24, 2.45) is 0 Å². The highest BCUT2D eigenvalue weighted by molar-refractivity contribution is 5.78. The molecule has 2 heterocycles. The smallest absolute Gasteiger partial charge is 0.236 e. The van der Waals surface area contributed by atoms with Crippen LogP contribution in [0.25, 0.3) is 0 Å². The lowest BCUT2D eigenvalue weighted by Crippen LogP contribution is -2.45. The number of fused-ring (bicyclic) bond motifs is 1. The second kappa shape index (κ2) is 5.68. The number of carbonyl (C=O) groups is 1. The highest BCUT2D eigenvalue weighted by Crippen LogP contribution is 2.42. The molecule has 1 fully saturated rings. The van der Waals surface area contributed by atoms with E-state index in [1.54, 1.807) is 0 Å². The lowest BCUT2D eigenvalue weighted by Gasteiger charge is -2.30. The third-order valence-corrected chi connectivity index (χ3v) is 4.46. The van der Waals surface area contributed by atoms with E-state index in [2.05, 4.69) is 25.2 Å². The Morgan fingerprint density at radius 1 is 1.29 bits per heavy atom. The van der Waals surface area contributed by atoms with Gasteiger partial charge in [-0.25, -0.2) is 0 Å². The van der Waals surface area contributed by atoms with Crippen LogP contribution >= 0.6 is 0 Å². The fraction of sp³-hybridized carbons (Fsp3) is 0.588. The van der Waals surface area contributed by atoms with Crippen molar-refractivity contribution < 1.29 is 9.53 Å². The van der Waals surface area contributed by atoms with Gasteiger partial charge in [-0.3, -0.25) is 10.1 Å². The van der Waals surface area contributed by atoms with Crippen LogP contribution < -0.4 is 10.1 Å². The number of para-hydroxylation sites is 1. The maximum absolute atomic E-state index is 12.3. The molecule has 1 N–H and O–H groups in total. The second-order valence-corrected chi connectivity index (χ2v) is 6.50. The molecule has 0 bridgehead atoms. The lowest BCUT2D eigenvalue weighted by molar-refractivity contribution is -0.131. The molecule has 2 aliphatic rings. The molecule has 1 amide bonds. The van der Waals surface area contributed by atoms with Gasteiger partial charge in [0, 0.05) is 18.7 Å². The summed E-state index contributed by atoms with van der Waals surface area (Å²) in [6.07, 6.45) is 3.51. The van der Waals surface area contributed by atoms with Crippen LogP contribution in [0.15, 0.2) is 24.3 Å². The molecular weight excluding hydrogens is 264 g/mol. The standard InChI is InChI=1S/C17H24N2O2/c1-17(2)16(13-8-4-5-9-14(13)21-17)18-12-15(20)19-10-6-3-7-11-19/h4-5,8-9,16,18H,3,6-7,10-12H2,1-2H3. The monoisotopic (exact) mass is 288 g/mol. The van der Waals surface area contributed by atoms with E-state index < -0.39 is 0 Å². The summed E-state index contributed by atoms with van der Waals surface area (Å²) in [5, 5.41) is 3.41. The number of ether oxygens (including phenoxy) is 1. The van der Waals surface area contributed by atoms with E-state index in [9.17, 15) is 4.79 Å². The van der Waals surface area contributed by atoms with Crippen molar-refractivity contribution in [1.82, 2.24) is 10.2 Å². The van der Waals surface area contributed by atoms with Crippen LogP contribution in [0.4, 0.5) is 0 Å². The number of nitrogens with one attached hydrogen (secondary N) is 1. The molecule has 4 nitrogen and oxygen atoms in total. The van der Waals surface area contributed by atoms with E-state index in [4.69, 9.17) is 4.74 Å². The second-order valence-electron chi connectivity index (χ2n) is 6.50. The number of hydrogen-bond donors (Lipinski definition) is 1. The fourth-order valence-electron chi connectivity index (χ4n) is 3.33. The van der Waals surface area contributed by atoms with Crippen molar-refractivity contribution in [2.45, 2.75) is 44.8 Å². The molecule has 1 aromatic rings. The van der Waals surface area contributed by atoms with Crippen molar-refractivity contribution in [2.75, 3.05) is 19.6 Å². The van der Waals surface area contributed by atoms with Crippen molar-refractivity contribution >= 4 is 5.91 Å². The molecule has 0 saturated carbocycles. The zero-order valence-electron chi connectivity index (χ0n) is 12.9. The number of nitrogens with zero attached hydrogens (tertiary/aromatic N) is 1. The van der Waals surface area contributed by atoms with Gasteiger partial charge in [-0.05, 0) is 39.2 Å². The molecule has 21 heavy (non-hydrogen) atoms. The first-order chi connectivity index (χ1) is 10.1. The number of carbonyl (C=O) groups excluding carboxylic acids is 1. The van der Waals surface area contributed by atoms with Gasteiger partial charge in [0.15, 0.2) is 0 Å². The first kappa shape index (κ1) is 14.4. The summed E-state index contributed by atoms with van der Waals surface area (Å²) in [5.74, 6) is 1.13. The number of benzene rings is 1. The number of piperidine rings is 1. The van der Waals surface area contributed by atoms with Crippen molar-refractivity contribution in [3.63, 3.8) is 0 Å². The molecule has 1 aromatic carbocycles. The number of hydrogen-bond acceptors (Lipinski definition) is 3. The highest BCUT2D eigenvalue weighted by atomic mass is 16.5. The largest absolute Gasteiger partial charge is 0.486 e. The lowest BCUT2D eigenvalue weighted by atomic mass is 9.94. The third kappa shape index (κ3) is 2.91. The summed E-state index contributed by atoms with van der Waals surface area (Å²) in [4.78, 5) is 14.3. The van der Waals surface area contributed by atoms with E-state index >= 15 is 0 Å². The van der Waals surface area contributed by atoms with Crippen molar-refractivity contribution in [1.29, 1.82) is 0 Å². The topological polar surface area (TPSA) is 41.6 Å². The molecule has 2 aliphatic heterocycles. The number of rotatable bonds is 3. The summed E-state index contributed by atoms with van der Waals surface area (Å²) < 4.78 is 6.00. The van der Waals surface area contributed by atoms with Gasteiger partial charge in [0.2, 0.25) is 5.91 Å². The molecule has 0 aliphatic carbocycles. The maximum atomic E-state index is 12.3.